The highest BCUT2D eigenvalue weighted by Crippen LogP contribution is 2.31. The van der Waals surface area contributed by atoms with Crippen molar-refractivity contribution in [2.75, 3.05) is 0 Å². The lowest BCUT2D eigenvalue weighted by Crippen LogP contribution is -2.34. The molecule has 2 aliphatic rings. The van der Waals surface area contributed by atoms with Gasteiger partial charge in [0.1, 0.15) is 0 Å². The molecule has 2 amide bonds. The molecule has 132 valence electrons. The molecule has 0 bridgehead atoms. The molecular weight excluding hydrogens is 334 g/mol. The number of allylic oxidation sites excluding steroid dienone is 3. The number of carbonyl (C=O) groups is 2. The molecule has 7 nitrogen and oxygen atoms in total. The predicted octanol–water partition coefficient (Wildman–Crippen LogP) is 2.96. The van der Waals surface area contributed by atoms with Gasteiger partial charge in [-0.1, -0.05) is 19.9 Å². The fourth-order valence-electron chi connectivity index (χ4n) is 2.92. The van der Waals surface area contributed by atoms with Crippen LogP contribution in [0.3, 0.4) is 0 Å². The molecule has 3 rings (SSSR count). The van der Waals surface area contributed by atoms with Crippen molar-refractivity contribution in [3.8, 4) is 0 Å². The average molecular weight is 351 g/mol. The summed E-state index contributed by atoms with van der Waals surface area (Å²) in [5, 5.41) is 13.5. The van der Waals surface area contributed by atoms with Crippen molar-refractivity contribution in [3.63, 3.8) is 0 Å². The highest BCUT2D eigenvalue weighted by atomic mass is 16.6. The molecule has 0 radical (unpaired) electrons. The molecule has 26 heavy (non-hydrogen) atoms. The molecule has 0 aromatic heterocycles. The van der Waals surface area contributed by atoms with Crippen LogP contribution in [-0.2, 0) is 4.79 Å². The summed E-state index contributed by atoms with van der Waals surface area (Å²) >= 11 is 0. The molecule has 7 heteroatoms. The minimum Gasteiger partial charge on any atom is -0.325 e. The Morgan fingerprint density at radius 2 is 1.92 bits per heavy atom. The van der Waals surface area contributed by atoms with Gasteiger partial charge in [0.05, 0.1) is 10.6 Å². The number of nitrogens with one attached hydrogen (secondary N) is 1. The van der Waals surface area contributed by atoms with Gasteiger partial charge in [0, 0.05) is 35.4 Å². The molecule has 1 aromatic rings. The number of aliphatic imine (C=N–C) groups is 1. The lowest BCUT2D eigenvalue weighted by molar-refractivity contribution is -0.384. The minimum absolute atomic E-state index is 0.0267. The maximum Gasteiger partial charge on any atom is 0.277 e. The second-order valence-corrected chi connectivity index (χ2v) is 6.37. The third-order valence-electron chi connectivity index (χ3n) is 4.24. The molecule has 1 heterocycles. The highest BCUT2D eigenvalue weighted by Gasteiger charge is 2.27. The molecule has 1 unspecified atom stereocenters. The van der Waals surface area contributed by atoms with E-state index in [-0.39, 0.29) is 29.0 Å². The Hall–Kier alpha value is -3.35. The van der Waals surface area contributed by atoms with Crippen LogP contribution in [-0.4, -0.2) is 22.4 Å². The molecule has 1 aliphatic heterocycles. The van der Waals surface area contributed by atoms with E-state index < -0.39 is 10.8 Å². The molecule has 0 saturated carbocycles. The molecule has 0 saturated heterocycles. The van der Waals surface area contributed by atoms with Gasteiger partial charge in [0.15, 0.2) is 0 Å². The highest BCUT2D eigenvalue weighted by molar-refractivity contribution is 6.14. The Labute approximate surface area is 150 Å². The van der Waals surface area contributed by atoms with E-state index in [1.165, 1.54) is 24.3 Å². The number of carbonyl (C=O) groups excluding carboxylic acids is 2. The summed E-state index contributed by atoms with van der Waals surface area (Å²) in [6.45, 7) is 4.05. The zero-order chi connectivity index (χ0) is 18.8. The van der Waals surface area contributed by atoms with Crippen LogP contribution in [0, 0.1) is 22.0 Å². The second-order valence-electron chi connectivity index (χ2n) is 6.37. The van der Waals surface area contributed by atoms with Crippen molar-refractivity contribution in [1.82, 2.24) is 5.32 Å². The van der Waals surface area contributed by atoms with E-state index in [9.17, 15) is 19.7 Å². The molecule has 1 aliphatic carbocycles. The molecule has 1 aromatic carbocycles. The largest absolute Gasteiger partial charge is 0.325 e. The molecule has 0 fully saturated rings. The Balaban J connectivity index is 1.84. The summed E-state index contributed by atoms with van der Waals surface area (Å²) in [7, 11) is 0. The van der Waals surface area contributed by atoms with E-state index in [1.807, 2.05) is 19.9 Å². The smallest absolute Gasteiger partial charge is 0.277 e. The topological polar surface area (TPSA) is 102 Å². The maximum absolute atomic E-state index is 12.3. The summed E-state index contributed by atoms with van der Waals surface area (Å²) in [5.74, 6) is -0.496. The number of amides is 2. The lowest BCUT2D eigenvalue weighted by Gasteiger charge is -2.29. The maximum atomic E-state index is 12.3. The molecular formula is C19H17N3O4. The van der Waals surface area contributed by atoms with E-state index in [0.717, 1.165) is 5.57 Å². The third kappa shape index (κ3) is 3.51. The van der Waals surface area contributed by atoms with Crippen molar-refractivity contribution in [1.29, 1.82) is 0 Å². The van der Waals surface area contributed by atoms with Gasteiger partial charge in [-0.15, -0.1) is 0 Å². The summed E-state index contributed by atoms with van der Waals surface area (Å²) in [5.41, 5.74) is 2.29. The number of benzene rings is 1. The van der Waals surface area contributed by atoms with Gasteiger partial charge >= 0.3 is 0 Å². The number of nitro benzene ring substituents is 1. The Morgan fingerprint density at radius 1 is 1.23 bits per heavy atom. The number of nitro groups is 1. The average Bonchev–Trinajstić information content (AvgIpc) is 2.60. The number of non-ortho nitro benzene ring substituents is 1. The van der Waals surface area contributed by atoms with Gasteiger partial charge in [-0.3, -0.25) is 19.7 Å². The Bertz CT molecular complexity index is 905. The summed E-state index contributed by atoms with van der Waals surface area (Å²) < 4.78 is 0. The first-order valence-electron chi connectivity index (χ1n) is 8.15. The number of rotatable bonds is 3. The molecule has 0 spiro atoms. The lowest BCUT2D eigenvalue weighted by atomic mass is 9.82. The zero-order valence-corrected chi connectivity index (χ0v) is 14.3. The van der Waals surface area contributed by atoms with Crippen molar-refractivity contribution < 1.29 is 14.5 Å². The van der Waals surface area contributed by atoms with Gasteiger partial charge in [0.2, 0.25) is 5.91 Å². The van der Waals surface area contributed by atoms with Crippen LogP contribution in [0.2, 0.25) is 0 Å². The van der Waals surface area contributed by atoms with Gasteiger partial charge in [-0.05, 0) is 35.8 Å². The van der Waals surface area contributed by atoms with E-state index in [2.05, 4.69) is 10.3 Å². The molecule has 1 atom stereocenters. The van der Waals surface area contributed by atoms with Crippen molar-refractivity contribution in [3.05, 3.63) is 75.5 Å². The number of hydrogen-bond donors (Lipinski definition) is 1. The van der Waals surface area contributed by atoms with Gasteiger partial charge < -0.3 is 5.32 Å². The first-order valence-corrected chi connectivity index (χ1v) is 8.15. The predicted molar refractivity (Wildman–Crippen MR) is 96.6 cm³/mol. The van der Waals surface area contributed by atoms with Gasteiger partial charge in [-0.25, -0.2) is 4.99 Å². The number of hydrogen-bond acceptors (Lipinski definition) is 4. The van der Waals surface area contributed by atoms with Crippen LogP contribution < -0.4 is 5.32 Å². The first kappa shape index (κ1) is 17.5. The van der Waals surface area contributed by atoms with E-state index in [0.29, 0.717) is 11.4 Å². The van der Waals surface area contributed by atoms with E-state index >= 15 is 0 Å². The van der Waals surface area contributed by atoms with Crippen LogP contribution in [0.25, 0.3) is 0 Å². The van der Waals surface area contributed by atoms with Crippen LogP contribution in [0.5, 0.6) is 0 Å². The van der Waals surface area contributed by atoms with Gasteiger partial charge in [0.25, 0.3) is 11.6 Å². The van der Waals surface area contributed by atoms with Crippen LogP contribution in [0.4, 0.5) is 5.69 Å². The minimum atomic E-state index is -0.528. The third-order valence-corrected chi connectivity index (χ3v) is 4.24. The Morgan fingerprint density at radius 3 is 2.54 bits per heavy atom. The second kappa shape index (κ2) is 6.87. The van der Waals surface area contributed by atoms with E-state index in [1.54, 1.807) is 18.2 Å². The van der Waals surface area contributed by atoms with Crippen molar-refractivity contribution in [2.45, 2.75) is 13.8 Å². The summed E-state index contributed by atoms with van der Waals surface area (Å²) in [6.07, 6.45) is 6.94. The zero-order valence-electron chi connectivity index (χ0n) is 14.3. The summed E-state index contributed by atoms with van der Waals surface area (Å²) in [4.78, 5) is 38.3. The number of nitrogens with zero attached hydrogens (tertiary/aromatic N) is 2. The normalized spacial score (nSPS) is 20.3. The van der Waals surface area contributed by atoms with Crippen LogP contribution >= 0.6 is 0 Å². The summed E-state index contributed by atoms with van der Waals surface area (Å²) in [6, 6.07) is 5.27. The van der Waals surface area contributed by atoms with Gasteiger partial charge in [-0.2, -0.15) is 0 Å². The Kier molecular flexibility index (Phi) is 4.62. The standard InChI is InChI=1S/C19H17N3O4/c1-11(2)16-10-18(23)21-17-9-13(5-8-15(16)17)20-19(24)12-3-6-14(7-4-12)22(25)26/h3-11,15H,1-2H3,(H,21,23). The molecule has 1 N–H and O–H groups in total. The fourth-order valence-corrected chi connectivity index (χ4v) is 2.92. The number of fused-ring (bicyclic) bond motifs is 1. The van der Waals surface area contributed by atoms with E-state index in [4.69, 9.17) is 0 Å². The first-order chi connectivity index (χ1) is 12.3. The fraction of sp³-hybridized carbons (Fsp3) is 0.211. The van der Waals surface area contributed by atoms with Crippen molar-refractivity contribution in [2.24, 2.45) is 16.8 Å². The quantitative estimate of drug-likeness (QED) is 0.668. The van der Waals surface area contributed by atoms with Crippen LogP contribution in [0.1, 0.15) is 24.2 Å². The monoisotopic (exact) mass is 351 g/mol. The van der Waals surface area contributed by atoms with Crippen molar-refractivity contribution >= 4 is 23.2 Å². The SMILES string of the molecule is CC(C)C1=CC(=O)NC2=CC(=NC(=O)c3ccc([N+](=O)[O-])cc3)C=CC21. The van der Waals surface area contributed by atoms with Crippen LogP contribution in [0.15, 0.2) is 64.8 Å².